The minimum atomic E-state index is -0.839. The van der Waals surface area contributed by atoms with Gasteiger partial charge in [0.25, 0.3) is 5.91 Å². The van der Waals surface area contributed by atoms with Crippen molar-refractivity contribution in [1.82, 2.24) is 10.3 Å². The van der Waals surface area contributed by atoms with Crippen molar-refractivity contribution in [3.63, 3.8) is 0 Å². The highest BCUT2D eigenvalue weighted by molar-refractivity contribution is 7.09. The number of carboxylic acid groups (broad SMARTS) is 1. The average Bonchev–Trinajstić information content (AvgIpc) is 2.83. The smallest absolute Gasteiger partial charge is 0.303 e. The molecule has 21 heavy (non-hydrogen) atoms. The molecule has 1 unspecified atom stereocenters. The first-order valence-electron chi connectivity index (χ1n) is 7.06. The van der Waals surface area contributed by atoms with E-state index in [0.717, 1.165) is 11.4 Å². The van der Waals surface area contributed by atoms with E-state index in [1.165, 1.54) is 11.3 Å². The number of nitrogens with one attached hydrogen (secondary N) is 1. The van der Waals surface area contributed by atoms with E-state index < -0.39 is 5.97 Å². The molecule has 118 valence electrons. The summed E-state index contributed by atoms with van der Waals surface area (Å²) < 4.78 is 0. The first-order chi connectivity index (χ1) is 9.92. The number of nitrogens with two attached hydrogens (primary N) is 1. The highest BCUT2D eigenvalue weighted by Crippen LogP contribution is 2.15. The molecule has 0 fully saturated rings. The topological polar surface area (TPSA) is 105 Å². The number of thiazole rings is 1. The van der Waals surface area contributed by atoms with Gasteiger partial charge in [-0.05, 0) is 24.8 Å². The van der Waals surface area contributed by atoms with Crippen molar-refractivity contribution in [2.75, 3.05) is 13.1 Å². The third-order valence-corrected chi connectivity index (χ3v) is 3.87. The van der Waals surface area contributed by atoms with Gasteiger partial charge in [0.2, 0.25) is 0 Å². The van der Waals surface area contributed by atoms with Crippen LogP contribution in [0.2, 0.25) is 0 Å². The lowest BCUT2D eigenvalue weighted by Crippen LogP contribution is -2.31. The third kappa shape index (κ3) is 6.68. The lowest BCUT2D eigenvalue weighted by Gasteiger charge is -2.17. The normalized spacial score (nSPS) is 12.4. The molecule has 1 aromatic rings. The second kappa shape index (κ2) is 8.74. The van der Waals surface area contributed by atoms with E-state index in [1.807, 2.05) is 13.8 Å². The first kappa shape index (κ1) is 17.6. The number of carbonyl (C=O) groups excluding carboxylic acids is 1. The van der Waals surface area contributed by atoms with Crippen LogP contribution in [-0.2, 0) is 11.2 Å². The lowest BCUT2D eigenvalue weighted by molar-refractivity contribution is -0.138. The summed E-state index contributed by atoms with van der Waals surface area (Å²) in [5.41, 5.74) is 5.82. The van der Waals surface area contributed by atoms with Gasteiger partial charge in [0.05, 0.1) is 5.01 Å². The predicted octanol–water partition coefficient (Wildman–Crippen LogP) is 1.51. The van der Waals surface area contributed by atoms with Crippen LogP contribution in [0.5, 0.6) is 0 Å². The molecular weight excluding hydrogens is 290 g/mol. The van der Waals surface area contributed by atoms with E-state index in [9.17, 15) is 9.59 Å². The fraction of sp³-hybridized carbons (Fsp3) is 0.643. The van der Waals surface area contributed by atoms with E-state index in [4.69, 9.17) is 10.8 Å². The molecule has 1 atom stereocenters. The van der Waals surface area contributed by atoms with Gasteiger partial charge in [-0.2, -0.15) is 0 Å². The molecule has 0 aliphatic heterocycles. The second-order valence-electron chi connectivity index (χ2n) is 5.47. The molecular formula is C14H23N3O3S. The molecule has 1 heterocycles. The summed E-state index contributed by atoms with van der Waals surface area (Å²) in [5, 5.41) is 14.2. The first-order valence-corrected chi connectivity index (χ1v) is 7.94. The van der Waals surface area contributed by atoms with E-state index in [-0.39, 0.29) is 18.2 Å². The van der Waals surface area contributed by atoms with E-state index >= 15 is 0 Å². The van der Waals surface area contributed by atoms with Crippen LogP contribution in [0.1, 0.15) is 42.2 Å². The lowest BCUT2D eigenvalue weighted by atomic mass is 9.94. The van der Waals surface area contributed by atoms with Crippen LogP contribution in [0.15, 0.2) is 5.38 Å². The summed E-state index contributed by atoms with van der Waals surface area (Å²) in [5.74, 6) is -0.766. The molecule has 0 spiro atoms. The van der Waals surface area contributed by atoms with Crippen LogP contribution >= 0.6 is 11.3 Å². The van der Waals surface area contributed by atoms with Crippen LogP contribution in [-0.4, -0.2) is 35.1 Å². The number of carboxylic acids is 1. The number of hydrogen-bond donors (Lipinski definition) is 3. The highest BCUT2D eigenvalue weighted by Gasteiger charge is 2.17. The van der Waals surface area contributed by atoms with E-state index in [2.05, 4.69) is 10.3 Å². The van der Waals surface area contributed by atoms with Crippen molar-refractivity contribution >= 4 is 23.2 Å². The molecule has 0 aromatic carbocycles. The Bertz CT molecular complexity index is 474. The summed E-state index contributed by atoms with van der Waals surface area (Å²) in [6.45, 7) is 4.93. The minimum Gasteiger partial charge on any atom is -0.481 e. The Hall–Kier alpha value is -1.47. The molecule has 1 rings (SSSR count). The maximum atomic E-state index is 12.0. The summed E-state index contributed by atoms with van der Waals surface area (Å²) in [6, 6.07) is 0. The number of carbonyl (C=O) groups is 2. The molecule has 0 saturated carbocycles. The van der Waals surface area contributed by atoms with Gasteiger partial charge in [0.15, 0.2) is 0 Å². The molecule has 0 saturated heterocycles. The summed E-state index contributed by atoms with van der Waals surface area (Å²) in [4.78, 5) is 27.0. The molecule has 0 radical (unpaired) electrons. The number of amides is 1. The molecule has 0 aliphatic rings. The van der Waals surface area contributed by atoms with E-state index in [0.29, 0.717) is 31.1 Å². The quantitative estimate of drug-likeness (QED) is 0.641. The van der Waals surface area contributed by atoms with Crippen molar-refractivity contribution in [2.45, 2.75) is 33.1 Å². The van der Waals surface area contributed by atoms with Gasteiger partial charge in [0.1, 0.15) is 5.69 Å². The SMILES string of the molecule is CC(C)CC(CNC(=O)c1csc(CCN)n1)CC(=O)O. The Morgan fingerprint density at radius 1 is 1.48 bits per heavy atom. The van der Waals surface area contributed by atoms with Crippen molar-refractivity contribution in [3.05, 3.63) is 16.1 Å². The standard InChI is InChI=1S/C14H23N3O3S/c1-9(2)5-10(6-13(18)19)7-16-14(20)11-8-21-12(17-11)3-4-15/h8-10H,3-7,15H2,1-2H3,(H,16,20)(H,18,19). The Labute approximate surface area is 128 Å². The molecule has 0 bridgehead atoms. The number of aliphatic carboxylic acids is 1. The van der Waals surface area contributed by atoms with Crippen molar-refractivity contribution in [2.24, 2.45) is 17.6 Å². The van der Waals surface area contributed by atoms with Crippen LogP contribution in [0.3, 0.4) is 0 Å². The molecule has 0 aliphatic carbocycles. The molecule has 7 heteroatoms. The van der Waals surface area contributed by atoms with Gasteiger partial charge in [-0.15, -0.1) is 11.3 Å². The van der Waals surface area contributed by atoms with Crippen molar-refractivity contribution in [1.29, 1.82) is 0 Å². The maximum Gasteiger partial charge on any atom is 0.303 e. The Morgan fingerprint density at radius 2 is 2.19 bits per heavy atom. The van der Waals surface area contributed by atoms with Gasteiger partial charge in [-0.25, -0.2) is 4.98 Å². The van der Waals surface area contributed by atoms with Gasteiger partial charge < -0.3 is 16.2 Å². The maximum absolute atomic E-state index is 12.0. The largest absolute Gasteiger partial charge is 0.481 e. The van der Waals surface area contributed by atoms with Gasteiger partial charge in [0, 0.05) is 24.8 Å². The van der Waals surface area contributed by atoms with Gasteiger partial charge in [-0.1, -0.05) is 13.8 Å². The summed E-state index contributed by atoms with van der Waals surface area (Å²) >= 11 is 1.41. The minimum absolute atomic E-state index is 0.0615. The Morgan fingerprint density at radius 3 is 2.76 bits per heavy atom. The zero-order chi connectivity index (χ0) is 15.8. The van der Waals surface area contributed by atoms with Crippen molar-refractivity contribution in [3.8, 4) is 0 Å². The average molecular weight is 313 g/mol. The Balaban J connectivity index is 2.52. The van der Waals surface area contributed by atoms with Crippen molar-refractivity contribution < 1.29 is 14.7 Å². The zero-order valence-corrected chi connectivity index (χ0v) is 13.3. The number of nitrogens with zero attached hydrogens (tertiary/aromatic N) is 1. The molecule has 1 aromatic heterocycles. The third-order valence-electron chi connectivity index (χ3n) is 2.96. The number of aromatic nitrogens is 1. The van der Waals surface area contributed by atoms with Crippen LogP contribution in [0.25, 0.3) is 0 Å². The monoisotopic (exact) mass is 313 g/mol. The van der Waals surface area contributed by atoms with Crippen LogP contribution in [0.4, 0.5) is 0 Å². The zero-order valence-electron chi connectivity index (χ0n) is 12.5. The van der Waals surface area contributed by atoms with Gasteiger partial charge >= 0.3 is 5.97 Å². The van der Waals surface area contributed by atoms with E-state index in [1.54, 1.807) is 5.38 Å². The van der Waals surface area contributed by atoms with Crippen LogP contribution < -0.4 is 11.1 Å². The second-order valence-corrected chi connectivity index (χ2v) is 6.41. The highest BCUT2D eigenvalue weighted by atomic mass is 32.1. The molecule has 1 amide bonds. The number of hydrogen-bond acceptors (Lipinski definition) is 5. The molecule has 4 N–H and O–H groups in total. The fourth-order valence-corrected chi connectivity index (χ4v) is 2.93. The summed E-state index contributed by atoms with van der Waals surface area (Å²) in [7, 11) is 0. The van der Waals surface area contributed by atoms with Crippen LogP contribution in [0, 0.1) is 11.8 Å². The predicted molar refractivity (Wildman–Crippen MR) is 82.4 cm³/mol. The molecule has 6 nitrogen and oxygen atoms in total. The van der Waals surface area contributed by atoms with Gasteiger partial charge in [-0.3, -0.25) is 9.59 Å². The summed E-state index contributed by atoms with van der Waals surface area (Å²) in [6.07, 6.45) is 1.49. The Kier molecular flexibility index (Phi) is 7.31. The number of rotatable bonds is 9. The fourth-order valence-electron chi connectivity index (χ4n) is 2.13.